The molecule has 2 heterocycles. The topological polar surface area (TPSA) is 66.3 Å². The monoisotopic (exact) mass is 323 g/mol. The summed E-state index contributed by atoms with van der Waals surface area (Å²) >= 11 is 0. The van der Waals surface area contributed by atoms with E-state index in [0.29, 0.717) is 25.7 Å². The molecule has 3 rings (SSSR count). The van der Waals surface area contributed by atoms with Crippen LogP contribution in [0.2, 0.25) is 0 Å². The van der Waals surface area contributed by atoms with Gasteiger partial charge in [-0.15, -0.1) is 0 Å². The van der Waals surface area contributed by atoms with Gasteiger partial charge in [0.25, 0.3) is 0 Å². The first-order valence-electron chi connectivity index (χ1n) is 6.85. The third kappa shape index (κ3) is 2.96. The van der Waals surface area contributed by atoms with Crippen LogP contribution in [0, 0.1) is 0 Å². The molecule has 0 radical (unpaired) electrons. The van der Waals surface area contributed by atoms with Crippen molar-refractivity contribution in [2.24, 2.45) is 0 Å². The van der Waals surface area contributed by atoms with Crippen molar-refractivity contribution in [3.8, 4) is 0 Å². The summed E-state index contributed by atoms with van der Waals surface area (Å²) in [5.74, 6) is -1.82. The average Bonchev–Trinajstić information content (AvgIpc) is 2.53. The summed E-state index contributed by atoms with van der Waals surface area (Å²) in [7, 11) is 0. The number of hydrogen-bond donors (Lipinski definition) is 1. The summed E-state index contributed by atoms with van der Waals surface area (Å²) in [5, 5.41) is 8.87. The molecular weight excluding hydrogens is 311 g/mol. The number of fused-ring (bicyclic) bond motifs is 1. The predicted molar refractivity (Wildman–Crippen MR) is 75.2 cm³/mol. The number of halogens is 3. The Hall–Kier alpha value is -2.64. The second-order valence-corrected chi connectivity index (χ2v) is 5.18. The molecule has 0 amide bonds. The van der Waals surface area contributed by atoms with Gasteiger partial charge < -0.3 is 10.0 Å². The van der Waals surface area contributed by atoms with Crippen molar-refractivity contribution in [3.63, 3.8) is 0 Å². The molecule has 23 heavy (non-hydrogen) atoms. The highest BCUT2D eigenvalue weighted by molar-refractivity contribution is 5.88. The Morgan fingerprint density at radius 1 is 1.22 bits per heavy atom. The van der Waals surface area contributed by atoms with Crippen LogP contribution < -0.4 is 4.90 Å². The number of alkyl halides is 3. The van der Waals surface area contributed by atoms with Gasteiger partial charge in [0.1, 0.15) is 5.56 Å². The highest BCUT2D eigenvalue weighted by Crippen LogP contribution is 2.32. The van der Waals surface area contributed by atoms with Crippen molar-refractivity contribution in [2.45, 2.75) is 19.1 Å². The van der Waals surface area contributed by atoms with Crippen molar-refractivity contribution in [3.05, 3.63) is 52.8 Å². The molecule has 0 saturated heterocycles. The van der Waals surface area contributed by atoms with Gasteiger partial charge in [-0.2, -0.15) is 13.2 Å². The number of carboxylic acids is 1. The third-order valence-corrected chi connectivity index (χ3v) is 3.69. The van der Waals surface area contributed by atoms with Crippen LogP contribution in [-0.2, 0) is 19.1 Å². The molecule has 0 saturated carbocycles. The number of rotatable bonds is 2. The summed E-state index contributed by atoms with van der Waals surface area (Å²) in [6.07, 6.45) is -3.46. The lowest BCUT2D eigenvalue weighted by Crippen LogP contribution is -2.32. The van der Waals surface area contributed by atoms with Crippen LogP contribution in [-0.4, -0.2) is 27.6 Å². The smallest absolute Gasteiger partial charge is 0.434 e. The summed E-state index contributed by atoms with van der Waals surface area (Å²) in [6, 6.07) is 7.65. The Labute approximate surface area is 129 Å². The maximum Gasteiger partial charge on any atom is 0.434 e. The van der Waals surface area contributed by atoms with Crippen LogP contribution in [0.15, 0.2) is 30.5 Å². The molecule has 0 fully saturated rings. The van der Waals surface area contributed by atoms with Crippen LogP contribution in [0.3, 0.4) is 0 Å². The molecule has 1 aromatic heterocycles. The number of anilines is 1. The van der Waals surface area contributed by atoms with Crippen LogP contribution in [0.25, 0.3) is 0 Å². The maximum atomic E-state index is 13.0. The van der Waals surface area contributed by atoms with E-state index in [1.165, 1.54) is 0 Å². The average molecular weight is 323 g/mol. The molecular formula is C15H12F3N3O2. The molecule has 0 unspecified atom stereocenters. The molecule has 0 spiro atoms. The molecule has 120 valence electrons. The maximum absolute atomic E-state index is 13.0. The highest BCUT2D eigenvalue weighted by Gasteiger charge is 2.38. The first-order chi connectivity index (χ1) is 10.9. The van der Waals surface area contributed by atoms with Gasteiger partial charge in [-0.05, 0) is 17.5 Å². The van der Waals surface area contributed by atoms with Gasteiger partial charge in [0.2, 0.25) is 5.95 Å². The van der Waals surface area contributed by atoms with Crippen molar-refractivity contribution in [1.82, 2.24) is 9.97 Å². The molecule has 1 aliphatic rings. The Kier molecular flexibility index (Phi) is 3.67. The molecule has 1 aliphatic heterocycles. The Morgan fingerprint density at radius 2 is 1.91 bits per heavy atom. The summed E-state index contributed by atoms with van der Waals surface area (Å²) in [5.41, 5.74) is -0.229. The van der Waals surface area contributed by atoms with Gasteiger partial charge in [-0.3, -0.25) is 0 Å². The van der Waals surface area contributed by atoms with E-state index in [-0.39, 0.29) is 5.95 Å². The fourth-order valence-electron chi connectivity index (χ4n) is 2.56. The Bertz CT molecular complexity index is 762. The van der Waals surface area contributed by atoms with E-state index in [9.17, 15) is 18.0 Å². The minimum atomic E-state index is -4.85. The van der Waals surface area contributed by atoms with Crippen molar-refractivity contribution in [1.29, 1.82) is 0 Å². The predicted octanol–water partition coefficient (Wildman–Crippen LogP) is 2.76. The van der Waals surface area contributed by atoms with Crippen molar-refractivity contribution in [2.75, 3.05) is 11.4 Å². The van der Waals surface area contributed by atoms with Gasteiger partial charge in [0, 0.05) is 19.3 Å². The van der Waals surface area contributed by atoms with E-state index in [4.69, 9.17) is 5.11 Å². The van der Waals surface area contributed by atoms with E-state index in [0.717, 1.165) is 11.1 Å². The number of aromatic nitrogens is 2. The fraction of sp³-hybridized carbons (Fsp3) is 0.267. The Balaban J connectivity index is 1.97. The summed E-state index contributed by atoms with van der Waals surface area (Å²) < 4.78 is 39.1. The number of carbonyl (C=O) groups is 1. The van der Waals surface area contributed by atoms with E-state index in [1.807, 2.05) is 24.3 Å². The van der Waals surface area contributed by atoms with Crippen LogP contribution >= 0.6 is 0 Å². The van der Waals surface area contributed by atoms with Crippen LogP contribution in [0.1, 0.15) is 27.2 Å². The standard InChI is InChI=1S/C15H12F3N3O2/c16-15(17,18)12-11(13(22)23)7-19-14(20-12)21-6-5-9-3-1-2-4-10(9)8-21/h1-4,7H,5-6,8H2,(H,22,23). The second-order valence-electron chi connectivity index (χ2n) is 5.18. The SMILES string of the molecule is O=C(O)c1cnc(N2CCc3ccccc3C2)nc1C(F)(F)F. The van der Waals surface area contributed by atoms with E-state index >= 15 is 0 Å². The lowest BCUT2D eigenvalue weighted by atomic mass is 10.0. The van der Waals surface area contributed by atoms with Gasteiger partial charge in [0.05, 0.1) is 0 Å². The minimum Gasteiger partial charge on any atom is -0.478 e. The molecule has 1 aromatic carbocycles. The number of hydrogen-bond acceptors (Lipinski definition) is 4. The lowest BCUT2D eigenvalue weighted by molar-refractivity contribution is -0.141. The van der Waals surface area contributed by atoms with Crippen LogP contribution in [0.4, 0.5) is 19.1 Å². The number of benzene rings is 1. The fourth-order valence-corrected chi connectivity index (χ4v) is 2.56. The summed E-state index contributed by atoms with van der Waals surface area (Å²) in [4.78, 5) is 19.8. The zero-order chi connectivity index (χ0) is 16.6. The van der Waals surface area contributed by atoms with E-state index in [2.05, 4.69) is 9.97 Å². The zero-order valence-electron chi connectivity index (χ0n) is 11.8. The normalized spacial score (nSPS) is 14.5. The van der Waals surface area contributed by atoms with Gasteiger partial charge in [-0.25, -0.2) is 14.8 Å². The molecule has 0 atom stereocenters. The number of carboxylic acid groups (broad SMARTS) is 1. The molecule has 0 aliphatic carbocycles. The minimum absolute atomic E-state index is 0.114. The molecule has 1 N–H and O–H groups in total. The largest absolute Gasteiger partial charge is 0.478 e. The summed E-state index contributed by atoms with van der Waals surface area (Å²) in [6.45, 7) is 0.862. The van der Waals surface area contributed by atoms with Crippen LogP contribution in [0.5, 0.6) is 0 Å². The second kappa shape index (κ2) is 5.53. The number of aromatic carboxylic acids is 1. The van der Waals surface area contributed by atoms with Gasteiger partial charge in [-0.1, -0.05) is 24.3 Å². The van der Waals surface area contributed by atoms with Gasteiger partial charge >= 0.3 is 12.1 Å². The molecule has 2 aromatic rings. The van der Waals surface area contributed by atoms with Crippen molar-refractivity contribution < 1.29 is 23.1 Å². The lowest BCUT2D eigenvalue weighted by Gasteiger charge is -2.29. The number of nitrogens with zero attached hydrogens (tertiary/aromatic N) is 3. The van der Waals surface area contributed by atoms with E-state index < -0.39 is 23.4 Å². The zero-order valence-corrected chi connectivity index (χ0v) is 11.8. The molecule has 8 heteroatoms. The quantitative estimate of drug-likeness (QED) is 0.920. The Morgan fingerprint density at radius 3 is 2.57 bits per heavy atom. The van der Waals surface area contributed by atoms with Gasteiger partial charge in [0.15, 0.2) is 5.69 Å². The molecule has 0 bridgehead atoms. The molecule has 5 nitrogen and oxygen atoms in total. The highest BCUT2D eigenvalue weighted by atomic mass is 19.4. The first kappa shape index (κ1) is 15.3. The first-order valence-corrected chi connectivity index (χ1v) is 6.85. The third-order valence-electron chi connectivity index (χ3n) is 3.69. The van der Waals surface area contributed by atoms with E-state index in [1.54, 1.807) is 4.90 Å². The van der Waals surface area contributed by atoms with Crippen molar-refractivity contribution >= 4 is 11.9 Å².